The fourth-order valence-corrected chi connectivity index (χ4v) is 2.18. The van der Waals surface area contributed by atoms with Crippen molar-refractivity contribution < 1.29 is 9.13 Å². The highest BCUT2D eigenvalue weighted by atomic mass is 19.1. The van der Waals surface area contributed by atoms with Crippen LogP contribution in [0.2, 0.25) is 0 Å². The van der Waals surface area contributed by atoms with Gasteiger partial charge >= 0.3 is 0 Å². The summed E-state index contributed by atoms with van der Waals surface area (Å²) in [6.45, 7) is 7.95. The Hall–Kier alpha value is -1.66. The predicted molar refractivity (Wildman–Crippen MR) is 97.9 cm³/mol. The van der Waals surface area contributed by atoms with E-state index in [1.54, 1.807) is 19.2 Å². The number of benzene rings is 1. The first-order valence-corrected chi connectivity index (χ1v) is 8.28. The van der Waals surface area contributed by atoms with Crippen molar-refractivity contribution in [3.8, 4) is 0 Å². The lowest BCUT2D eigenvalue weighted by atomic mass is 10.1. The van der Waals surface area contributed by atoms with Crippen LogP contribution in [0.25, 0.3) is 0 Å². The highest BCUT2D eigenvalue weighted by molar-refractivity contribution is 5.79. The Morgan fingerprint density at radius 2 is 2.04 bits per heavy atom. The van der Waals surface area contributed by atoms with Crippen LogP contribution in [0.1, 0.15) is 32.4 Å². The highest BCUT2D eigenvalue weighted by Gasteiger charge is 2.17. The molecule has 0 bridgehead atoms. The second-order valence-electron chi connectivity index (χ2n) is 6.57. The molecular formula is C18H31FN4O. The van der Waals surface area contributed by atoms with E-state index < -0.39 is 0 Å². The van der Waals surface area contributed by atoms with E-state index in [0.29, 0.717) is 13.1 Å². The van der Waals surface area contributed by atoms with Gasteiger partial charge in [-0.25, -0.2) is 4.39 Å². The molecule has 0 aliphatic rings. The Kier molecular flexibility index (Phi) is 8.15. The van der Waals surface area contributed by atoms with E-state index >= 15 is 0 Å². The normalized spacial score (nSPS) is 13.9. The molecule has 24 heavy (non-hydrogen) atoms. The number of guanidine groups is 1. The van der Waals surface area contributed by atoms with E-state index in [0.717, 1.165) is 18.1 Å². The number of rotatable bonds is 8. The standard InChI is InChI=1S/C18H31FN4O/c1-7-20-17(22-13-18(2,3)24-6)21-12-16(23(4)5)14-9-8-10-15(19)11-14/h8-11,16H,7,12-13H2,1-6H3,(H2,20,21,22). The molecule has 1 rings (SSSR count). The third-order valence-electron chi connectivity index (χ3n) is 3.83. The molecule has 0 aromatic heterocycles. The minimum absolute atomic E-state index is 0.0417. The summed E-state index contributed by atoms with van der Waals surface area (Å²) in [6, 6.07) is 6.75. The molecule has 0 radical (unpaired) electrons. The van der Waals surface area contributed by atoms with E-state index in [1.807, 2.05) is 40.9 Å². The maximum Gasteiger partial charge on any atom is 0.191 e. The van der Waals surface area contributed by atoms with E-state index in [9.17, 15) is 4.39 Å². The monoisotopic (exact) mass is 338 g/mol. The fraction of sp³-hybridized carbons (Fsp3) is 0.611. The van der Waals surface area contributed by atoms with Crippen LogP contribution < -0.4 is 10.6 Å². The summed E-state index contributed by atoms with van der Waals surface area (Å²) in [4.78, 5) is 6.64. The maximum absolute atomic E-state index is 13.5. The molecule has 1 aromatic rings. The van der Waals surface area contributed by atoms with Crippen molar-refractivity contribution in [1.82, 2.24) is 15.5 Å². The molecule has 0 heterocycles. The molecule has 0 fully saturated rings. The molecule has 0 saturated carbocycles. The summed E-state index contributed by atoms with van der Waals surface area (Å²) < 4.78 is 18.9. The number of nitrogens with one attached hydrogen (secondary N) is 2. The Morgan fingerprint density at radius 1 is 1.33 bits per heavy atom. The van der Waals surface area contributed by atoms with Gasteiger partial charge in [-0.3, -0.25) is 4.99 Å². The fourth-order valence-electron chi connectivity index (χ4n) is 2.18. The first-order valence-electron chi connectivity index (χ1n) is 8.28. The number of ether oxygens (including phenoxy) is 1. The second kappa shape index (κ2) is 9.59. The zero-order chi connectivity index (χ0) is 18.2. The van der Waals surface area contributed by atoms with E-state index in [4.69, 9.17) is 4.74 Å². The van der Waals surface area contributed by atoms with Crippen molar-refractivity contribution in [2.24, 2.45) is 4.99 Å². The number of likely N-dealkylation sites (N-methyl/N-ethyl adjacent to an activating group) is 1. The number of aliphatic imine (C=N–C) groups is 1. The number of halogens is 1. The van der Waals surface area contributed by atoms with Crippen LogP contribution >= 0.6 is 0 Å². The molecule has 0 amide bonds. The average molecular weight is 338 g/mol. The van der Waals surface area contributed by atoms with Gasteiger partial charge in [-0.15, -0.1) is 0 Å². The van der Waals surface area contributed by atoms with Gasteiger partial charge < -0.3 is 20.3 Å². The largest absolute Gasteiger partial charge is 0.377 e. The van der Waals surface area contributed by atoms with E-state index in [2.05, 4.69) is 20.5 Å². The lowest BCUT2D eigenvalue weighted by molar-refractivity contribution is 0.0310. The predicted octanol–water partition coefficient (Wildman–Crippen LogP) is 2.41. The van der Waals surface area contributed by atoms with E-state index in [-0.39, 0.29) is 17.5 Å². The van der Waals surface area contributed by atoms with Crippen LogP contribution in [0.15, 0.2) is 29.3 Å². The molecule has 0 saturated heterocycles. The topological polar surface area (TPSA) is 48.9 Å². The molecule has 2 N–H and O–H groups in total. The van der Waals surface area contributed by atoms with Gasteiger partial charge in [-0.2, -0.15) is 0 Å². The van der Waals surface area contributed by atoms with Gasteiger partial charge in [0.25, 0.3) is 0 Å². The first kappa shape index (κ1) is 20.4. The third-order valence-corrected chi connectivity index (χ3v) is 3.83. The Bertz CT molecular complexity index is 532. The summed E-state index contributed by atoms with van der Waals surface area (Å²) in [6.07, 6.45) is 0. The zero-order valence-corrected chi connectivity index (χ0v) is 15.7. The Balaban J connectivity index is 2.80. The third kappa shape index (κ3) is 6.84. The van der Waals surface area contributed by atoms with Gasteiger partial charge in [0.2, 0.25) is 0 Å². The van der Waals surface area contributed by atoms with Crippen molar-refractivity contribution in [3.05, 3.63) is 35.6 Å². The Morgan fingerprint density at radius 3 is 2.58 bits per heavy atom. The van der Waals surface area contributed by atoms with Crippen LogP contribution in [0.4, 0.5) is 4.39 Å². The molecular weight excluding hydrogens is 307 g/mol. The van der Waals surface area contributed by atoms with Crippen molar-refractivity contribution in [2.45, 2.75) is 32.4 Å². The summed E-state index contributed by atoms with van der Waals surface area (Å²) in [5.74, 6) is 0.507. The van der Waals surface area contributed by atoms with Gasteiger partial charge in [0.15, 0.2) is 5.96 Å². The lowest BCUT2D eigenvalue weighted by Crippen LogP contribution is -2.42. The quantitative estimate of drug-likeness (QED) is 0.564. The molecule has 1 atom stereocenters. The maximum atomic E-state index is 13.5. The van der Waals surface area contributed by atoms with Crippen LogP contribution in [0.3, 0.4) is 0 Å². The SMILES string of the molecule is CCNC(=NCC(C)(C)OC)NCC(c1cccc(F)c1)N(C)C. The number of nitrogens with zero attached hydrogens (tertiary/aromatic N) is 2. The summed E-state index contributed by atoms with van der Waals surface area (Å²) in [7, 11) is 5.65. The smallest absolute Gasteiger partial charge is 0.191 e. The van der Waals surface area contributed by atoms with Crippen LogP contribution in [0.5, 0.6) is 0 Å². The second-order valence-corrected chi connectivity index (χ2v) is 6.57. The molecule has 5 nitrogen and oxygen atoms in total. The van der Waals surface area contributed by atoms with Gasteiger partial charge in [0.1, 0.15) is 5.82 Å². The van der Waals surface area contributed by atoms with Crippen molar-refractivity contribution in [1.29, 1.82) is 0 Å². The molecule has 1 unspecified atom stereocenters. The minimum atomic E-state index is -0.314. The summed E-state index contributed by atoms with van der Waals surface area (Å²) >= 11 is 0. The molecule has 0 aliphatic heterocycles. The molecule has 1 aromatic carbocycles. The van der Waals surface area contributed by atoms with E-state index in [1.165, 1.54) is 6.07 Å². The van der Waals surface area contributed by atoms with Gasteiger partial charge in [-0.1, -0.05) is 12.1 Å². The summed E-state index contributed by atoms with van der Waals surface area (Å²) in [5, 5.41) is 6.56. The average Bonchev–Trinajstić information content (AvgIpc) is 2.52. The van der Waals surface area contributed by atoms with Crippen LogP contribution in [0, 0.1) is 5.82 Å². The summed E-state index contributed by atoms with van der Waals surface area (Å²) in [5.41, 5.74) is 0.617. The Labute approximate surface area is 145 Å². The zero-order valence-electron chi connectivity index (χ0n) is 15.7. The van der Waals surface area contributed by atoms with Crippen molar-refractivity contribution in [2.75, 3.05) is 40.8 Å². The van der Waals surface area contributed by atoms with Crippen LogP contribution in [-0.2, 0) is 4.74 Å². The lowest BCUT2D eigenvalue weighted by Gasteiger charge is -2.26. The molecule has 6 heteroatoms. The van der Waals surface area contributed by atoms with Crippen molar-refractivity contribution in [3.63, 3.8) is 0 Å². The van der Waals surface area contributed by atoms with Gasteiger partial charge in [0.05, 0.1) is 18.2 Å². The minimum Gasteiger partial charge on any atom is -0.377 e. The number of methoxy groups -OCH3 is 1. The molecule has 0 spiro atoms. The molecule has 136 valence electrons. The van der Waals surface area contributed by atoms with Crippen molar-refractivity contribution >= 4 is 5.96 Å². The highest BCUT2D eigenvalue weighted by Crippen LogP contribution is 2.18. The van der Waals surface area contributed by atoms with Gasteiger partial charge in [0, 0.05) is 20.2 Å². The molecule has 0 aliphatic carbocycles. The van der Waals surface area contributed by atoms with Crippen LogP contribution in [-0.4, -0.2) is 57.3 Å². The number of hydrogen-bond acceptors (Lipinski definition) is 3. The van der Waals surface area contributed by atoms with Gasteiger partial charge in [-0.05, 0) is 52.6 Å². The first-order chi connectivity index (χ1) is 11.3. The number of hydrogen-bond donors (Lipinski definition) is 2.